The fraction of sp³-hybridized carbons (Fsp3) is 0.364. The third-order valence-electron chi connectivity index (χ3n) is 2.58. The van der Waals surface area contributed by atoms with Crippen LogP contribution in [-0.4, -0.2) is 30.4 Å². The summed E-state index contributed by atoms with van der Waals surface area (Å²) in [6.45, 7) is 2.62. The van der Waals surface area contributed by atoms with Crippen molar-refractivity contribution in [2.75, 3.05) is 25.4 Å². The molecular weight excluding hydrogens is 226 g/mol. The molecule has 5 heteroatoms. The minimum absolute atomic E-state index is 0.0614. The van der Waals surface area contributed by atoms with Gasteiger partial charge in [0.05, 0.1) is 6.54 Å². The summed E-state index contributed by atoms with van der Waals surface area (Å²) in [5.41, 5.74) is 7.37. The lowest BCUT2D eigenvalue weighted by molar-refractivity contribution is -0.124. The lowest BCUT2D eigenvalue weighted by Crippen LogP contribution is -2.47. The fourth-order valence-electron chi connectivity index (χ4n) is 1.78. The summed E-state index contributed by atoms with van der Waals surface area (Å²) in [5, 5.41) is 3.48. The van der Waals surface area contributed by atoms with Crippen LogP contribution in [0.2, 0.25) is 5.02 Å². The van der Waals surface area contributed by atoms with Crippen LogP contribution in [0.5, 0.6) is 0 Å². The third-order valence-corrected chi connectivity index (χ3v) is 2.95. The highest BCUT2D eigenvalue weighted by Gasteiger charge is 2.16. The minimum Gasteiger partial charge on any atom is -0.399 e. The van der Waals surface area contributed by atoms with Gasteiger partial charge in [0.15, 0.2) is 0 Å². The number of piperazine rings is 1. The number of nitrogens with one attached hydrogen (secondary N) is 1. The lowest BCUT2D eigenvalue weighted by atomic mass is 10.2. The van der Waals surface area contributed by atoms with E-state index in [1.165, 1.54) is 0 Å². The Bertz CT molecular complexity index is 408. The number of nitrogen functional groups attached to an aromatic ring is 1. The molecule has 4 nitrogen and oxygen atoms in total. The molecule has 86 valence electrons. The summed E-state index contributed by atoms with van der Waals surface area (Å²) in [6, 6.07) is 5.42. The van der Waals surface area contributed by atoms with E-state index in [0.717, 1.165) is 12.1 Å². The van der Waals surface area contributed by atoms with Crippen LogP contribution in [-0.2, 0) is 11.3 Å². The molecule has 0 saturated carbocycles. The number of nitrogens with zero attached hydrogens (tertiary/aromatic N) is 1. The van der Waals surface area contributed by atoms with Gasteiger partial charge in [-0.1, -0.05) is 11.6 Å². The van der Waals surface area contributed by atoms with Crippen LogP contribution in [0.1, 0.15) is 5.56 Å². The molecule has 1 amide bonds. The SMILES string of the molecule is Nc1ccc(Cl)c(CN2CCNC(=O)C2)c1. The summed E-state index contributed by atoms with van der Waals surface area (Å²) in [6.07, 6.45) is 0. The number of nitrogens with two attached hydrogens (primary N) is 1. The van der Waals surface area contributed by atoms with E-state index in [1.54, 1.807) is 12.1 Å². The van der Waals surface area contributed by atoms with Crippen molar-refractivity contribution < 1.29 is 4.79 Å². The van der Waals surface area contributed by atoms with Gasteiger partial charge >= 0.3 is 0 Å². The summed E-state index contributed by atoms with van der Waals surface area (Å²) in [7, 11) is 0. The molecule has 1 aromatic rings. The number of carbonyl (C=O) groups is 1. The van der Waals surface area contributed by atoms with Gasteiger partial charge in [-0.25, -0.2) is 0 Å². The van der Waals surface area contributed by atoms with Crippen molar-refractivity contribution in [2.45, 2.75) is 6.54 Å². The average Bonchev–Trinajstić information content (AvgIpc) is 2.24. The summed E-state index contributed by atoms with van der Waals surface area (Å²) >= 11 is 6.07. The molecule has 1 aromatic carbocycles. The lowest BCUT2D eigenvalue weighted by Gasteiger charge is -2.26. The van der Waals surface area contributed by atoms with Crippen LogP contribution in [0.25, 0.3) is 0 Å². The molecule has 0 spiro atoms. The van der Waals surface area contributed by atoms with Crippen molar-refractivity contribution >= 4 is 23.2 Å². The maximum Gasteiger partial charge on any atom is 0.234 e. The van der Waals surface area contributed by atoms with Crippen LogP contribution < -0.4 is 11.1 Å². The van der Waals surface area contributed by atoms with Crippen molar-refractivity contribution in [3.8, 4) is 0 Å². The second-order valence-electron chi connectivity index (χ2n) is 3.91. The van der Waals surface area contributed by atoms with Gasteiger partial charge in [0.1, 0.15) is 0 Å². The van der Waals surface area contributed by atoms with Crippen LogP contribution in [0, 0.1) is 0 Å². The second-order valence-corrected chi connectivity index (χ2v) is 4.32. The molecule has 1 fully saturated rings. The number of hydrogen-bond donors (Lipinski definition) is 2. The van der Waals surface area contributed by atoms with Crippen molar-refractivity contribution in [1.82, 2.24) is 10.2 Å². The Morgan fingerprint density at radius 2 is 2.31 bits per heavy atom. The standard InChI is InChI=1S/C11H14ClN3O/c12-10-2-1-9(13)5-8(10)6-15-4-3-14-11(16)7-15/h1-2,5H,3-4,6-7,13H2,(H,14,16). The van der Waals surface area contributed by atoms with Crippen LogP contribution in [0.4, 0.5) is 5.69 Å². The Morgan fingerprint density at radius 1 is 1.50 bits per heavy atom. The average molecular weight is 240 g/mol. The number of benzene rings is 1. The monoisotopic (exact) mass is 239 g/mol. The molecule has 0 atom stereocenters. The number of halogens is 1. The van der Waals surface area contributed by atoms with Gasteiger partial charge in [-0.2, -0.15) is 0 Å². The van der Waals surface area contributed by atoms with Crippen LogP contribution in [0.15, 0.2) is 18.2 Å². The van der Waals surface area contributed by atoms with E-state index in [4.69, 9.17) is 17.3 Å². The number of hydrogen-bond acceptors (Lipinski definition) is 3. The maximum absolute atomic E-state index is 11.2. The Labute approximate surface area is 99.4 Å². The van der Waals surface area contributed by atoms with Gasteiger partial charge in [0.2, 0.25) is 5.91 Å². The second kappa shape index (κ2) is 4.72. The number of amides is 1. The molecule has 0 radical (unpaired) electrons. The van der Waals surface area contributed by atoms with Crippen molar-refractivity contribution in [3.05, 3.63) is 28.8 Å². The molecule has 1 saturated heterocycles. The topological polar surface area (TPSA) is 58.4 Å². The summed E-state index contributed by atoms with van der Waals surface area (Å²) in [4.78, 5) is 13.3. The molecule has 16 heavy (non-hydrogen) atoms. The van der Waals surface area contributed by atoms with Gasteiger partial charge in [-0.15, -0.1) is 0 Å². The molecular formula is C11H14ClN3O. The Kier molecular flexibility index (Phi) is 3.31. The number of carbonyl (C=O) groups excluding carboxylic acids is 1. The van der Waals surface area contributed by atoms with E-state index in [9.17, 15) is 4.79 Å². The quantitative estimate of drug-likeness (QED) is 0.753. The largest absolute Gasteiger partial charge is 0.399 e. The summed E-state index contributed by atoms with van der Waals surface area (Å²) < 4.78 is 0. The van der Waals surface area contributed by atoms with E-state index < -0.39 is 0 Å². The van der Waals surface area contributed by atoms with Crippen LogP contribution >= 0.6 is 11.6 Å². The van der Waals surface area contributed by atoms with Gasteiger partial charge in [0.25, 0.3) is 0 Å². The highest BCUT2D eigenvalue weighted by atomic mass is 35.5. The van der Waals surface area contributed by atoms with Crippen molar-refractivity contribution in [3.63, 3.8) is 0 Å². The highest BCUT2D eigenvalue weighted by Crippen LogP contribution is 2.20. The fourth-order valence-corrected chi connectivity index (χ4v) is 1.96. The Hall–Kier alpha value is -1.26. The first-order valence-corrected chi connectivity index (χ1v) is 5.56. The van der Waals surface area contributed by atoms with E-state index in [-0.39, 0.29) is 5.91 Å². The zero-order valence-corrected chi connectivity index (χ0v) is 9.63. The van der Waals surface area contributed by atoms with E-state index >= 15 is 0 Å². The van der Waals surface area contributed by atoms with E-state index in [2.05, 4.69) is 10.2 Å². The third kappa shape index (κ3) is 2.65. The molecule has 2 rings (SSSR count). The van der Waals surface area contributed by atoms with E-state index in [0.29, 0.717) is 30.3 Å². The zero-order valence-electron chi connectivity index (χ0n) is 8.87. The molecule has 1 aliphatic heterocycles. The molecule has 3 N–H and O–H groups in total. The first-order valence-electron chi connectivity index (χ1n) is 5.18. The molecule has 0 aromatic heterocycles. The Balaban J connectivity index is 2.08. The predicted octanol–water partition coefficient (Wildman–Crippen LogP) is 0.854. The van der Waals surface area contributed by atoms with Gasteiger partial charge < -0.3 is 11.1 Å². The molecule has 1 aliphatic rings. The van der Waals surface area contributed by atoms with Crippen LogP contribution in [0.3, 0.4) is 0 Å². The number of rotatable bonds is 2. The normalized spacial score (nSPS) is 17.2. The van der Waals surface area contributed by atoms with Gasteiger partial charge in [-0.3, -0.25) is 9.69 Å². The van der Waals surface area contributed by atoms with Crippen molar-refractivity contribution in [2.24, 2.45) is 0 Å². The molecule has 0 unspecified atom stereocenters. The van der Waals surface area contributed by atoms with Crippen molar-refractivity contribution in [1.29, 1.82) is 0 Å². The highest BCUT2D eigenvalue weighted by molar-refractivity contribution is 6.31. The first kappa shape index (κ1) is 11.2. The number of anilines is 1. The van der Waals surface area contributed by atoms with Gasteiger partial charge in [0, 0.05) is 30.3 Å². The minimum atomic E-state index is 0.0614. The molecule has 0 aliphatic carbocycles. The first-order chi connectivity index (χ1) is 7.65. The predicted molar refractivity (Wildman–Crippen MR) is 64.2 cm³/mol. The summed E-state index contributed by atoms with van der Waals surface area (Å²) in [5.74, 6) is 0.0614. The molecule has 0 bridgehead atoms. The van der Waals surface area contributed by atoms with Gasteiger partial charge in [-0.05, 0) is 23.8 Å². The smallest absolute Gasteiger partial charge is 0.234 e. The zero-order chi connectivity index (χ0) is 11.5. The Morgan fingerprint density at radius 3 is 3.06 bits per heavy atom. The van der Waals surface area contributed by atoms with E-state index in [1.807, 2.05) is 6.07 Å². The maximum atomic E-state index is 11.2. The molecule has 1 heterocycles.